The third-order valence-corrected chi connectivity index (χ3v) is 5.37. The number of amides is 1. The minimum absolute atomic E-state index is 0.0851. The van der Waals surface area contributed by atoms with Crippen molar-refractivity contribution in [3.05, 3.63) is 17.5 Å². The first-order valence-corrected chi connectivity index (χ1v) is 8.91. The molecule has 1 amide bonds. The second kappa shape index (κ2) is 6.24. The van der Waals surface area contributed by atoms with Crippen LogP contribution in [-0.2, 0) is 4.74 Å². The van der Waals surface area contributed by atoms with Gasteiger partial charge in [-0.25, -0.2) is 0 Å². The minimum Gasteiger partial charge on any atom is -0.376 e. The molecule has 0 spiro atoms. The second-order valence-corrected chi connectivity index (χ2v) is 7.18. The first-order valence-electron chi connectivity index (χ1n) is 8.91. The first kappa shape index (κ1) is 15.1. The molecule has 0 radical (unpaired) electrons. The Morgan fingerprint density at radius 1 is 1.26 bits per heavy atom. The third kappa shape index (κ3) is 3.28. The van der Waals surface area contributed by atoms with Crippen molar-refractivity contribution in [2.75, 3.05) is 32.8 Å². The zero-order valence-electron chi connectivity index (χ0n) is 13.8. The van der Waals surface area contributed by atoms with Gasteiger partial charge in [-0.05, 0) is 38.7 Å². The van der Waals surface area contributed by atoms with Crippen LogP contribution < -0.4 is 0 Å². The van der Waals surface area contributed by atoms with Gasteiger partial charge in [0.15, 0.2) is 0 Å². The lowest BCUT2D eigenvalue weighted by molar-refractivity contribution is -0.0424. The van der Waals surface area contributed by atoms with Crippen molar-refractivity contribution in [1.82, 2.24) is 20.0 Å². The Labute approximate surface area is 137 Å². The highest BCUT2D eigenvalue weighted by Crippen LogP contribution is 2.39. The number of morpholine rings is 1. The van der Waals surface area contributed by atoms with E-state index in [-0.39, 0.29) is 5.91 Å². The predicted molar refractivity (Wildman–Crippen MR) is 86.5 cm³/mol. The molecule has 6 heteroatoms. The molecule has 1 unspecified atom stereocenters. The van der Waals surface area contributed by atoms with Gasteiger partial charge in [-0.3, -0.25) is 14.8 Å². The lowest BCUT2D eigenvalue weighted by Crippen LogP contribution is -2.51. The first-order chi connectivity index (χ1) is 11.2. The number of aromatic nitrogens is 2. The van der Waals surface area contributed by atoms with Gasteiger partial charge in [0.2, 0.25) is 0 Å². The van der Waals surface area contributed by atoms with Gasteiger partial charge in [0.05, 0.1) is 12.7 Å². The molecule has 3 aliphatic rings. The number of piperidine rings is 1. The molecular weight excluding hydrogens is 292 g/mol. The number of nitrogens with zero attached hydrogens (tertiary/aromatic N) is 3. The lowest BCUT2D eigenvalue weighted by Gasteiger charge is -2.41. The van der Waals surface area contributed by atoms with Crippen molar-refractivity contribution in [2.45, 2.75) is 50.7 Å². The molecule has 1 saturated carbocycles. The van der Waals surface area contributed by atoms with Crippen LogP contribution in [0.4, 0.5) is 0 Å². The highest BCUT2D eigenvalue weighted by Gasteiger charge is 2.31. The van der Waals surface area contributed by atoms with E-state index < -0.39 is 0 Å². The smallest absolute Gasteiger partial charge is 0.274 e. The summed E-state index contributed by atoms with van der Waals surface area (Å²) in [6.45, 7) is 6.68. The number of hydrogen-bond acceptors (Lipinski definition) is 4. The molecule has 1 aromatic heterocycles. The summed E-state index contributed by atoms with van der Waals surface area (Å²) in [4.78, 5) is 17.1. The van der Waals surface area contributed by atoms with Crippen molar-refractivity contribution in [1.29, 1.82) is 0 Å². The fourth-order valence-corrected chi connectivity index (χ4v) is 3.82. The Kier molecular flexibility index (Phi) is 4.11. The molecule has 6 nitrogen and oxygen atoms in total. The van der Waals surface area contributed by atoms with E-state index in [0.717, 1.165) is 51.3 Å². The number of rotatable bonds is 3. The molecule has 1 atom stereocenters. The van der Waals surface area contributed by atoms with Crippen LogP contribution in [0.5, 0.6) is 0 Å². The van der Waals surface area contributed by atoms with E-state index in [4.69, 9.17) is 4.74 Å². The Balaban J connectivity index is 1.32. The molecule has 1 aliphatic carbocycles. The van der Waals surface area contributed by atoms with E-state index in [1.54, 1.807) is 0 Å². The Hall–Kier alpha value is -1.40. The zero-order chi connectivity index (χ0) is 15.8. The van der Waals surface area contributed by atoms with Gasteiger partial charge in [0.25, 0.3) is 5.91 Å². The van der Waals surface area contributed by atoms with Crippen molar-refractivity contribution in [3.63, 3.8) is 0 Å². The summed E-state index contributed by atoms with van der Waals surface area (Å²) >= 11 is 0. The molecule has 2 aliphatic heterocycles. The molecule has 2 saturated heterocycles. The van der Waals surface area contributed by atoms with Crippen LogP contribution in [0.25, 0.3) is 0 Å². The number of carbonyl (C=O) groups is 1. The van der Waals surface area contributed by atoms with Gasteiger partial charge >= 0.3 is 0 Å². The number of hydrogen-bond donors (Lipinski definition) is 1. The minimum atomic E-state index is 0.0851. The van der Waals surface area contributed by atoms with Crippen LogP contribution in [0.1, 0.15) is 54.7 Å². The molecule has 0 aromatic carbocycles. The summed E-state index contributed by atoms with van der Waals surface area (Å²) in [7, 11) is 0. The largest absolute Gasteiger partial charge is 0.376 e. The SMILES string of the molecule is CC1CN(C2CCN(C(=O)c3cc(C4CC4)[nH]n3)CC2)CCO1. The van der Waals surface area contributed by atoms with Gasteiger partial charge in [0, 0.05) is 43.8 Å². The van der Waals surface area contributed by atoms with E-state index >= 15 is 0 Å². The highest BCUT2D eigenvalue weighted by atomic mass is 16.5. The van der Waals surface area contributed by atoms with Crippen LogP contribution in [0.2, 0.25) is 0 Å². The summed E-state index contributed by atoms with van der Waals surface area (Å²) < 4.78 is 5.62. The molecule has 23 heavy (non-hydrogen) atoms. The van der Waals surface area contributed by atoms with Crippen molar-refractivity contribution >= 4 is 5.91 Å². The van der Waals surface area contributed by atoms with Gasteiger partial charge in [-0.2, -0.15) is 5.10 Å². The summed E-state index contributed by atoms with van der Waals surface area (Å²) in [5, 5.41) is 7.26. The molecule has 3 fully saturated rings. The molecule has 1 N–H and O–H groups in total. The number of H-pyrrole nitrogens is 1. The maximum atomic E-state index is 12.6. The summed E-state index contributed by atoms with van der Waals surface area (Å²) in [6, 6.07) is 2.54. The summed E-state index contributed by atoms with van der Waals surface area (Å²) in [6.07, 6.45) is 4.88. The van der Waals surface area contributed by atoms with Crippen LogP contribution in [0.3, 0.4) is 0 Å². The molecular formula is C17H26N4O2. The molecule has 1 aromatic rings. The molecule has 4 rings (SSSR count). The second-order valence-electron chi connectivity index (χ2n) is 7.18. The summed E-state index contributed by atoms with van der Waals surface area (Å²) in [5.74, 6) is 0.694. The van der Waals surface area contributed by atoms with Crippen molar-refractivity contribution in [2.24, 2.45) is 0 Å². The van der Waals surface area contributed by atoms with E-state index in [0.29, 0.717) is 23.8 Å². The van der Waals surface area contributed by atoms with E-state index in [1.807, 2.05) is 11.0 Å². The predicted octanol–water partition coefficient (Wildman–Crippen LogP) is 1.61. The van der Waals surface area contributed by atoms with Gasteiger partial charge in [0.1, 0.15) is 5.69 Å². The highest BCUT2D eigenvalue weighted by molar-refractivity contribution is 5.92. The number of carbonyl (C=O) groups excluding carboxylic acids is 1. The average molecular weight is 318 g/mol. The van der Waals surface area contributed by atoms with Gasteiger partial charge in [-0.15, -0.1) is 0 Å². The zero-order valence-corrected chi connectivity index (χ0v) is 13.8. The van der Waals surface area contributed by atoms with Crippen LogP contribution in [-0.4, -0.2) is 70.8 Å². The number of nitrogens with one attached hydrogen (secondary N) is 1. The fourth-order valence-electron chi connectivity index (χ4n) is 3.82. The maximum absolute atomic E-state index is 12.6. The van der Waals surface area contributed by atoms with E-state index in [9.17, 15) is 4.79 Å². The van der Waals surface area contributed by atoms with Crippen LogP contribution in [0, 0.1) is 0 Å². The lowest BCUT2D eigenvalue weighted by atomic mass is 10.0. The van der Waals surface area contributed by atoms with Crippen LogP contribution in [0.15, 0.2) is 6.07 Å². The fraction of sp³-hybridized carbons (Fsp3) is 0.765. The quantitative estimate of drug-likeness (QED) is 0.920. The molecule has 0 bridgehead atoms. The van der Waals surface area contributed by atoms with Gasteiger partial charge < -0.3 is 9.64 Å². The Morgan fingerprint density at radius 3 is 2.74 bits per heavy atom. The monoisotopic (exact) mass is 318 g/mol. The number of likely N-dealkylation sites (tertiary alicyclic amines) is 1. The Bertz CT molecular complexity index is 561. The van der Waals surface area contributed by atoms with Crippen LogP contribution >= 0.6 is 0 Å². The standard InChI is InChI=1S/C17H26N4O2/c1-12-11-21(8-9-23-12)14-4-6-20(7-5-14)17(22)16-10-15(18-19-16)13-2-3-13/h10,12-14H,2-9,11H2,1H3,(H,18,19). The summed E-state index contributed by atoms with van der Waals surface area (Å²) in [5.41, 5.74) is 1.72. The molecule has 126 valence electrons. The third-order valence-electron chi connectivity index (χ3n) is 5.37. The van der Waals surface area contributed by atoms with E-state index in [1.165, 1.54) is 12.8 Å². The number of aromatic amines is 1. The molecule has 3 heterocycles. The van der Waals surface area contributed by atoms with E-state index in [2.05, 4.69) is 22.0 Å². The van der Waals surface area contributed by atoms with Crippen molar-refractivity contribution < 1.29 is 9.53 Å². The maximum Gasteiger partial charge on any atom is 0.274 e. The Morgan fingerprint density at radius 2 is 2.04 bits per heavy atom. The number of ether oxygens (including phenoxy) is 1. The average Bonchev–Trinajstić information content (AvgIpc) is 3.32. The topological polar surface area (TPSA) is 61.5 Å². The van der Waals surface area contributed by atoms with Gasteiger partial charge in [-0.1, -0.05) is 0 Å². The normalized spacial score (nSPS) is 27.3. The van der Waals surface area contributed by atoms with Crippen molar-refractivity contribution in [3.8, 4) is 0 Å².